The van der Waals surface area contributed by atoms with Gasteiger partial charge in [0.2, 0.25) is 0 Å². The highest BCUT2D eigenvalue weighted by atomic mass is 32.2. The fourth-order valence-corrected chi connectivity index (χ4v) is 7.62. The Morgan fingerprint density at radius 2 is 1.79 bits per heavy atom. The first-order valence-corrected chi connectivity index (χ1v) is 13.3. The fraction of sp³-hybridized carbons (Fsp3) is 0.727. The van der Waals surface area contributed by atoms with Crippen LogP contribution in [0.3, 0.4) is 0 Å². The van der Waals surface area contributed by atoms with Crippen LogP contribution in [0.2, 0.25) is 0 Å². The van der Waals surface area contributed by atoms with Crippen LogP contribution in [0.1, 0.15) is 81.1 Å². The van der Waals surface area contributed by atoms with Gasteiger partial charge in [0.1, 0.15) is 20.5 Å². The number of thiophene rings is 1. The molecule has 2 aromatic heterocycles. The molecule has 4 rings (SSSR count). The molecular formula is C22H32N2O2S2. The first kappa shape index (κ1) is 20.3. The first-order chi connectivity index (χ1) is 13.2. The SMILES string of the molecule is Cc1nc(CCC2CCS(=O)(=O)CC2)c2cc(C3CCC(C)(C)CC3)sc2n1. The Morgan fingerprint density at radius 1 is 1.11 bits per heavy atom. The molecule has 0 N–H and O–H groups in total. The molecule has 1 saturated carbocycles. The lowest BCUT2D eigenvalue weighted by atomic mass is 9.73. The quantitative estimate of drug-likeness (QED) is 0.661. The van der Waals surface area contributed by atoms with Gasteiger partial charge in [-0.05, 0) is 81.6 Å². The summed E-state index contributed by atoms with van der Waals surface area (Å²) in [6.45, 7) is 6.76. The predicted octanol–water partition coefficient (Wildman–Crippen LogP) is 5.44. The first-order valence-electron chi connectivity index (χ1n) is 10.7. The van der Waals surface area contributed by atoms with Crippen molar-refractivity contribution in [3.05, 3.63) is 22.5 Å². The van der Waals surface area contributed by atoms with Crippen LogP contribution in [-0.4, -0.2) is 29.9 Å². The molecule has 6 heteroatoms. The van der Waals surface area contributed by atoms with Gasteiger partial charge in [-0.1, -0.05) is 13.8 Å². The molecule has 0 radical (unpaired) electrons. The maximum Gasteiger partial charge on any atom is 0.150 e. The molecule has 4 nitrogen and oxygen atoms in total. The lowest BCUT2D eigenvalue weighted by Crippen LogP contribution is -2.23. The molecule has 0 unspecified atom stereocenters. The van der Waals surface area contributed by atoms with E-state index in [9.17, 15) is 8.42 Å². The molecule has 3 heterocycles. The summed E-state index contributed by atoms with van der Waals surface area (Å²) in [5, 5.41) is 1.24. The van der Waals surface area contributed by atoms with E-state index in [1.54, 1.807) is 0 Å². The second-order valence-corrected chi connectivity index (χ2v) is 13.0. The number of aryl methyl sites for hydroxylation is 2. The third-order valence-corrected chi connectivity index (χ3v) is 9.71. The number of fused-ring (bicyclic) bond motifs is 1. The molecule has 1 aliphatic heterocycles. The summed E-state index contributed by atoms with van der Waals surface area (Å²) in [6.07, 6.45) is 8.73. The number of hydrogen-bond acceptors (Lipinski definition) is 5. The van der Waals surface area contributed by atoms with Crippen molar-refractivity contribution >= 4 is 31.4 Å². The smallest absolute Gasteiger partial charge is 0.150 e. The zero-order valence-electron chi connectivity index (χ0n) is 17.3. The summed E-state index contributed by atoms with van der Waals surface area (Å²) >= 11 is 1.86. The van der Waals surface area contributed by atoms with E-state index < -0.39 is 9.84 Å². The predicted molar refractivity (Wildman–Crippen MR) is 117 cm³/mol. The number of rotatable bonds is 4. The molecular weight excluding hydrogens is 388 g/mol. The molecule has 1 aliphatic carbocycles. The number of hydrogen-bond donors (Lipinski definition) is 0. The lowest BCUT2D eigenvalue weighted by molar-refractivity contribution is 0.226. The van der Waals surface area contributed by atoms with Gasteiger partial charge < -0.3 is 0 Å². The van der Waals surface area contributed by atoms with Crippen LogP contribution in [0.4, 0.5) is 0 Å². The van der Waals surface area contributed by atoms with Crippen LogP contribution in [0.5, 0.6) is 0 Å². The second kappa shape index (κ2) is 7.67. The minimum absolute atomic E-state index is 0.358. The van der Waals surface area contributed by atoms with E-state index in [2.05, 4.69) is 19.9 Å². The van der Waals surface area contributed by atoms with Crippen molar-refractivity contribution in [2.24, 2.45) is 11.3 Å². The van der Waals surface area contributed by atoms with Gasteiger partial charge in [0, 0.05) is 10.3 Å². The van der Waals surface area contributed by atoms with E-state index >= 15 is 0 Å². The monoisotopic (exact) mass is 420 g/mol. The van der Waals surface area contributed by atoms with Crippen LogP contribution in [-0.2, 0) is 16.3 Å². The molecule has 2 aromatic rings. The highest BCUT2D eigenvalue weighted by Crippen LogP contribution is 2.45. The van der Waals surface area contributed by atoms with Crippen molar-refractivity contribution in [3.8, 4) is 0 Å². The van der Waals surface area contributed by atoms with Crippen molar-refractivity contribution in [1.29, 1.82) is 0 Å². The van der Waals surface area contributed by atoms with Gasteiger partial charge in [0.15, 0.2) is 0 Å². The Labute approximate surface area is 173 Å². The van der Waals surface area contributed by atoms with Crippen molar-refractivity contribution in [2.45, 2.75) is 78.1 Å². The van der Waals surface area contributed by atoms with Gasteiger partial charge in [0.25, 0.3) is 0 Å². The lowest BCUT2D eigenvalue weighted by Gasteiger charge is -2.33. The van der Waals surface area contributed by atoms with Crippen LogP contribution in [0.25, 0.3) is 10.2 Å². The summed E-state index contributed by atoms with van der Waals surface area (Å²) < 4.78 is 23.3. The third-order valence-electron chi connectivity index (χ3n) is 6.81. The van der Waals surface area contributed by atoms with Crippen molar-refractivity contribution < 1.29 is 8.42 Å². The second-order valence-electron chi connectivity index (χ2n) is 9.66. The minimum atomic E-state index is -2.78. The zero-order valence-corrected chi connectivity index (χ0v) is 19.0. The van der Waals surface area contributed by atoms with E-state index in [-0.39, 0.29) is 0 Å². The van der Waals surface area contributed by atoms with Crippen molar-refractivity contribution in [3.63, 3.8) is 0 Å². The van der Waals surface area contributed by atoms with E-state index in [1.165, 1.54) is 35.9 Å². The Balaban J connectivity index is 1.50. The summed E-state index contributed by atoms with van der Waals surface area (Å²) in [6, 6.07) is 2.36. The third kappa shape index (κ3) is 4.59. The summed E-state index contributed by atoms with van der Waals surface area (Å²) in [7, 11) is -2.78. The van der Waals surface area contributed by atoms with Crippen molar-refractivity contribution in [2.75, 3.05) is 11.5 Å². The van der Waals surface area contributed by atoms with E-state index in [4.69, 9.17) is 9.97 Å². The molecule has 28 heavy (non-hydrogen) atoms. The topological polar surface area (TPSA) is 59.9 Å². The Kier molecular flexibility index (Phi) is 5.56. The van der Waals surface area contributed by atoms with E-state index in [0.29, 0.717) is 28.8 Å². The van der Waals surface area contributed by atoms with Gasteiger partial charge in [-0.25, -0.2) is 18.4 Å². The molecule has 154 valence electrons. The average Bonchev–Trinajstić information content (AvgIpc) is 3.04. The average molecular weight is 421 g/mol. The van der Waals surface area contributed by atoms with Gasteiger partial charge in [-0.3, -0.25) is 0 Å². The van der Waals surface area contributed by atoms with E-state index in [1.807, 2.05) is 18.3 Å². The van der Waals surface area contributed by atoms with Gasteiger partial charge in [0.05, 0.1) is 17.2 Å². The van der Waals surface area contributed by atoms with E-state index in [0.717, 1.165) is 42.0 Å². The number of sulfone groups is 1. The minimum Gasteiger partial charge on any atom is -0.238 e. The number of aromatic nitrogens is 2. The molecule has 0 aromatic carbocycles. The summed E-state index contributed by atoms with van der Waals surface area (Å²) in [5.41, 5.74) is 1.65. The summed E-state index contributed by atoms with van der Waals surface area (Å²) in [4.78, 5) is 12.1. The number of nitrogens with zero attached hydrogens (tertiary/aromatic N) is 2. The molecule has 0 amide bonds. The van der Waals surface area contributed by atoms with Crippen molar-refractivity contribution in [1.82, 2.24) is 9.97 Å². The maximum atomic E-state index is 11.7. The van der Waals surface area contributed by atoms with Gasteiger partial charge >= 0.3 is 0 Å². The molecule has 0 atom stereocenters. The maximum absolute atomic E-state index is 11.7. The van der Waals surface area contributed by atoms with Gasteiger partial charge in [-0.2, -0.15) is 0 Å². The fourth-order valence-electron chi connectivity index (χ4n) is 4.76. The van der Waals surface area contributed by atoms with Crippen LogP contribution in [0.15, 0.2) is 6.07 Å². The standard InChI is InChI=1S/C22H32N2O2S2/c1-15-23-19(5-4-16-8-12-28(25,26)13-9-16)18-14-20(27-21(18)24-15)17-6-10-22(2,3)11-7-17/h14,16-17H,4-13H2,1-3H3. The highest BCUT2D eigenvalue weighted by Gasteiger charge is 2.29. The zero-order chi connectivity index (χ0) is 19.9. The Morgan fingerprint density at radius 3 is 2.46 bits per heavy atom. The van der Waals surface area contributed by atoms with Gasteiger partial charge in [-0.15, -0.1) is 11.3 Å². The highest BCUT2D eigenvalue weighted by molar-refractivity contribution is 7.91. The normalized spacial score (nSPS) is 23.2. The Bertz CT molecular complexity index is 938. The molecule has 2 fully saturated rings. The van der Waals surface area contributed by atoms with Crippen LogP contribution in [0, 0.1) is 18.3 Å². The summed E-state index contributed by atoms with van der Waals surface area (Å²) in [5.74, 6) is 2.75. The molecule has 0 spiro atoms. The van der Waals surface area contributed by atoms with Crippen LogP contribution >= 0.6 is 11.3 Å². The molecule has 0 bridgehead atoms. The van der Waals surface area contributed by atoms with Crippen LogP contribution < -0.4 is 0 Å². The largest absolute Gasteiger partial charge is 0.238 e. The Hall–Kier alpha value is -1.01. The molecule has 2 aliphatic rings. The molecule has 1 saturated heterocycles.